The Morgan fingerprint density at radius 2 is 2.05 bits per heavy atom. The van der Waals surface area contributed by atoms with Crippen LogP contribution in [0.2, 0.25) is 5.02 Å². The van der Waals surface area contributed by atoms with Crippen LogP contribution in [-0.4, -0.2) is 36.2 Å². The maximum atomic E-state index is 9.48. The molecule has 1 saturated heterocycles. The number of aliphatic hydroxyl groups excluding tert-OH is 1. The van der Waals surface area contributed by atoms with Gasteiger partial charge in [-0.25, -0.2) is 0 Å². The third kappa shape index (κ3) is 4.37. The van der Waals surface area contributed by atoms with E-state index in [-0.39, 0.29) is 0 Å². The van der Waals surface area contributed by atoms with Gasteiger partial charge in [0.1, 0.15) is 12.4 Å². The Morgan fingerprint density at radius 1 is 1.32 bits per heavy atom. The van der Waals surface area contributed by atoms with Gasteiger partial charge in [-0.1, -0.05) is 24.1 Å². The lowest BCUT2D eigenvalue weighted by molar-refractivity contribution is 0.183. The Morgan fingerprint density at radius 3 is 2.68 bits per heavy atom. The van der Waals surface area contributed by atoms with E-state index < -0.39 is 6.10 Å². The molecule has 1 unspecified atom stereocenters. The Bertz CT molecular complexity index is 403. The SMILES string of the molecule is CC(O)c1ccc(OCCN2CCCCC2)c(Cl)c1. The molecule has 1 aromatic carbocycles. The summed E-state index contributed by atoms with van der Waals surface area (Å²) in [6.45, 7) is 5.70. The average Bonchev–Trinajstić information content (AvgIpc) is 2.41. The summed E-state index contributed by atoms with van der Waals surface area (Å²) in [6, 6.07) is 5.45. The second-order valence-corrected chi connectivity index (χ2v) is 5.52. The fourth-order valence-electron chi connectivity index (χ4n) is 2.36. The fourth-order valence-corrected chi connectivity index (χ4v) is 2.61. The van der Waals surface area contributed by atoms with Gasteiger partial charge in [-0.2, -0.15) is 0 Å². The van der Waals surface area contributed by atoms with E-state index in [0.717, 1.165) is 12.1 Å². The Balaban J connectivity index is 1.82. The zero-order chi connectivity index (χ0) is 13.7. The van der Waals surface area contributed by atoms with Crippen LogP contribution in [0.3, 0.4) is 0 Å². The van der Waals surface area contributed by atoms with E-state index in [1.54, 1.807) is 13.0 Å². The Kier molecular flexibility index (Phi) is 5.49. The topological polar surface area (TPSA) is 32.7 Å². The van der Waals surface area contributed by atoms with Crippen LogP contribution >= 0.6 is 11.6 Å². The molecule has 0 radical (unpaired) electrons. The van der Waals surface area contributed by atoms with E-state index >= 15 is 0 Å². The van der Waals surface area contributed by atoms with Gasteiger partial charge in [-0.3, -0.25) is 4.90 Å². The molecule has 1 aromatic rings. The number of hydrogen-bond donors (Lipinski definition) is 1. The molecular formula is C15H22ClNO2. The van der Waals surface area contributed by atoms with Gasteiger partial charge < -0.3 is 9.84 Å². The molecule has 2 rings (SSSR count). The number of nitrogens with zero attached hydrogens (tertiary/aromatic N) is 1. The van der Waals surface area contributed by atoms with Gasteiger partial charge in [0.2, 0.25) is 0 Å². The quantitative estimate of drug-likeness (QED) is 0.900. The summed E-state index contributed by atoms with van der Waals surface area (Å²) in [5.41, 5.74) is 0.813. The van der Waals surface area contributed by atoms with Crippen molar-refractivity contribution in [3.8, 4) is 5.75 Å². The molecule has 1 aliphatic heterocycles. The molecule has 0 bridgehead atoms. The minimum absolute atomic E-state index is 0.500. The Hall–Kier alpha value is -0.770. The number of halogens is 1. The second-order valence-electron chi connectivity index (χ2n) is 5.12. The van der Waals surface area contributed by atoms with Gasteiger partial charge in [-0.05, 0) is 50.6 Å². The molecule has 1 heterocycles. The van der Waals surface area contributed by atoms with Crippen LogP contribution in [0.4, 0.5) is 0 Å². The van der Waals surface area contributed by atoms with E-state index in [4.69, 9.17) is 16.3 Å². The highest BCUT2D eigenvalue weighted by molar-refractivity contribution is 6.32. The van der Waals surface area contributed by atoms with Gasteiger partial charge >= 0.3 is 0 Å². The monoisotopic (exact) mass is 283 g/mol. The summed E-state index contributed by atoms with van der Waals surface area (Å²) >= 11 is 6.15. The lowest BCUT2D eigenvalue weighted by Gasteiger charge is -2.26. The van der Waals surface area contributed by atoms with Crippen molar-refractivity contribution < 1.29 is 9.84 Å². The largest absolute Gasteiger partial charge is 0.491 e. The van der Waals surface area contributed by atoms with E-state index in [0.29, 0.717) is 17.4 Å². The van der Waals surface area contributed by atoms with Crippen LogP contribution in [0, 0.1) is 0 Å². The highest BCUT2D eigenvalue weighted by Gasteiger charge is 2.10. The summed E-state index contributed by atoms with van der Waals surface area (Å²) < 4.78 is 5.72. The van der Waals surface area contributed by atoms with Crippen molar-refractivity contribution in [1.82, 2.24) is 4.90 Å². The minimum atomic E-state index is -0.500. The van der Waals surface area contributed by atoms with Gasteiger partial charge in [0.05, 0.1) is 11.1 Å². The van der Waals surface area contributed by atoms with Crippen molar-refractivity contribution in [2.45, 2.75) is 32.3 Å². The van der Waals surface area contributed by atoms with Crippen molar-refractivity contribution in [3.05, 3.63) is 28.8 Å². The average molecular weight is 284 g/mol. The molecule has 0 aliphatic carbocycles. The van der Waals surface area contributed by atoms with E-state index in [1.165, 1.54) is 32.4 Å². The van der Waals surface area contributed by atoms with Gasteiger partial charge in [0.15, 0.2) is 0 Å². The van der Waals surface area contributed by atoms with Crippen molar-refractivity contribution >= 4 is 11.6 Å². The van der Waals surface area contributed by atoms with E-state index in [1.807, 2.05) is 12.1 Å². The van der Waals surface area contributed by atoms with Crippen LogP contribution in [-0.2, 0) is 0 Å². The van der Waals surface area contributed by atoms with Gasteiger partial charge in [0, 0.05) is 6.54 Å². The molecule has 1 atom stereocenters. The summed E-state index contributed by atoms with van der Waals surface area (Å²) in [7, 11) is 0. The maximum absolute atomic E-state index is 9.48. The van der Waals surface area contributed by atoms with Crippen molar-refractivity contribution in [3.63, 3.8) is 0 Å². The molecule has 0 aromatic heterocycles. The van der Waals surface area contributed by atoms with Crippen molar-refractivity contribution in [2.75, 3.05) is 26.2 Å². The predicted molar refractivity (Wildman–Crippen MR) is 77.9 cm³/mol. The number of likely N-dealkylation sites (tertiary alicyclic amines) is 1. The van der Waals surface area contributed by atoms with Crippen LogP contribution in [0.5, 0.6) is 5.75 Å². The summed E-state index contributed by atoms with van der Waals surface area (Å²) in [4.78, 5) is 2.43. The zero-order valence-corrected chi connectivity index (χ0v) is 12.2. The van der Waals surface area contributed by atoms with E-state index in [9.17, 15) is 5.11 Å². The smallest absolute Gasteiger partial charge is 0.137 e. The molecule has 4 heteroatoms. The molecule has 3 nitrogen and oxygen atoms in total. The van der Waals surface area contributed by atoms with Crippen LogP contribution < -0.4 is 4.74 Å². The number of piperidine rings is 1. The number of ether oxygens (including phenoxy) is 1. The molecule has 19 heavy (non-hydrogen) atoms. The molecule has 1 N–H and O–H groups in total. The highest BCUT2D eigenvalue weighted by atomic mass is 35.5. The number of aliphatic hydroxyl groups is 1. The Labute approximate surface area is 120 Å². The highest BCUT2D eigenvalue weighted by Crippen LogP contribution is 2.27. The third-order valence-electron chi connectivity index (χ3n) is 3.55. The molecule has 106 valence electrons. The van der Waals surface area contributed by atoms with Crippen LogP contribution in [0.1, 0.15) is 37.9 Å². The standard InChI is InChI=1S/C15H22ClNO2/c1-12(18)13-5-6-15(14(16)11-13)19-10-9-17-7-3-2-4-8-17/h5-6,11-12,18H,2-4,7-10H2,1H3. The lowest BCUT2D eigenvalue weighted by Crippen LogP contribution is -2.33. The minimum Gasteiger partial charge on any atom is -0.491 e. The normalized spacial score (nSPS) is 18.3. The number of hydrogen-bond acceptors (Lipinski definition) is 3. The molecular weight excluding hydrogens is 262 g/mol. The first kappa shape index (κ1) is 14.6. The maximum Gasteiger partial charge on any atom is 0.137 e. The zero-order valence-electron chi connectivity index (χ0n) is 11.4. The molecule has 1 fully saturated rings. The lowest BCUT2D eigenvalue weighted by atomic mass is 10.1. The van der Waals surface area contributed by atoms with Crippen LogP contribution in [0.25, 0.3) is 0 Å². The number of benzene rings is 1. The summed E-state index contributed by atoms with van der Waals surface area (Å²) in [5, 5.41) is 10.0. The number of rotatable bonds is 5. The van der Waals surface area contributed by atoms with E-state index in [2.05, 4.69) is 4.90 Å². The first-order valence-electron chi connectivity index (χ1n) is 6.99. The van der Waals surface area contributed by atoms with Gasteiger partial charge in [0.25, 0.3) is 0 Å². The fraction of sp³-hybridized carbons (Fsp3) is 0.600. The first-order chi connectivity index (χ1) is 9.16. The predicted octanol–water partition coefficient (Wildman–Crippen LogP) is 3.26. The van der Waals surface area contributed by atoms with Crippen LogP contribution in [0.15, 0.2) is 18.2 Å². The second kappa shape index (κ2) is 7.13. The third-order valence-corrected chi connectivity index (χ3v) is 3.85. The molecule has 0 saturated carbocycles. The van der Waals surface area contributed by atoms with Crippen molar-refractivity contribution in [2.24, 2.45) is 0 Å². The molecule has 0 amide bonds. The molecule has 0 spiro atoms. The summed E-state index contributed by atoms with van der Waals surface area (Å²) in [6.07, 6.45) is 3.44. The summed E-state index contributed by atoms with van der Waals surface area (Å²) in [5.74, 6) is 0.697. The molecule has 1 aliphatic rings. The van der Waals surface area contributed by atoms with Gasteiger partial charge in [-0.15, -0.1) is 0 Å². The van der Waals surface area contributed by atoms with Crippen molar-refractivity contribution in [1.29, 1.82) is 0 Å². The first-order valence-corrected chi connectivity index (χ1v) is 7.37.